The Labute approximate surface area is 233 Å². The largest absolute Gasteiger partial charge is 0.462 e. The van der Waals surface area contributed by atoms with E-state index in [0.717, 1.165) is 31.3 Å². The number of piperidine rings is 1. The van der Waals surface area contributed by atoms with E-state index in [9.17, 15) is 17.6 Å². The molecule has 9 nitrogen and oxygen atoms in total. The number of anilines is 3. The van der Waals surface area contributed by atoms with Gasteiger partial charge in [0.25, 0.3) is 5.91 Å². The van der Waals surface area contributed by atoms with Gasteiger partial charge in [0.15, 0.2) is 5.58 Å². The van der Waals surface area contributed by atoms with E-state index in [2.05, 4.69) is 14.9 Å². The maximum absolute atomic E-state index is 14.7. The summed E-state index contributed by atoms with van der Waals surface area (Å²) in [6.07, 6.45) is 6.50. The van der Waals surface area contributed by atoms with Crippen LogP contribution in [0, 0.1) is 5.41 Å². The number of fused-ring (bicyclic) bond motifs is 1. The SMILES string of the molecule is CC1(F)CCN(c2cc(C(=O)Nc3ccc(S(=O)(=O)NCCO)cc3N3CCC4(CC3)CC4)cc3ccoc23)C1. The van der Waals surface area contributed by atoms with Crippen LogP contribution in [-0.2, 0) is 10.0 Å². The fourth-order valence-corrected chi connectivity index (χ4v) is 7.00. The van der Waals surface area contributed by atoms with Crippen LogP contribution >= 0.6 is 0 Å². The second-order valence-corrected chi connectivity index (χ2v) is 13.4. The summed E-state index contributed by atoms with van der Waals surface area (Å²) in [6, 6.07) is 9.94. The Kier molecular flexibility index (Phi) is 6.79. The molecule has 6 rings (SSSR count). The minimum Gasteiger partial charge on any atom is -0.462 e. The Bertz CT molecular complexity index is 1540. The third-order valence-corrected chi connectivity index (χ3v) is 10.1. The van der Waals surface area contributed by atoms with Crippen molar-refractivity contribution in [2.24, 2.45) is 5.41 Å². The van der Waals surface area contributed by atoms with Crippen LogP contribution in [0.4, 0.5) is 21.5 Å². The molecule has 1 spiro atoms. The molecule has 2 saturated heterocycles. The van der Waals surface area contributed by atoms with Crippen molar-refractivity contribution in [2.75, 3.05) is 54.4 Å². The number of aliphatic hydroxyl groups is 1. The first kappa shape index (κ1) is 27.0. The molecule has 214 valence electrons. The summed E-state index contributed by atoms with van der Waals surface area (Å²) in [6.45, 7) is 3.49. The van der Waals surface area contributed by atoms with E-state index in [-0.39, 0.29) is 30.5 Å². The first-order valence-electron chi connectivity index (χ1n) is 13.8. The number of nitrogens with one attached hydrogen (secondary N) is 2. The second kappa shape index (κ2) is 10.0. The first-order valence-corrected chi connectivity index (χ1v) is 15.3. The van der Waals surface area contributed by atoms with Gasteiger partial charge in [-0.2, -0.15) is 0 Å². The van der Waals surface area contributed by atoms with Crippen LogP contribution in [0.3, 0.4) is 0 Å². The van der Waals surface area contributed by atoms with Crippen molar-refractivity contribution < 1.29 is 27.1 Å². The van der Waals surface area contributed by atoms with E-state index in [1.807, 2.05) is 4.90 Å². The Balaban J connectivity index is 1.32. The summed E-state index contributed by atoms with van der Waals surface area (Å²) in [5.74, 6) is -0.350. The number of sulfonamides is 1. The van der Waals surface area contributed by atoms with Crippen molar-refractivity contribution >= 4 is 44.0 Å². The minimum atomic E-state index is -3.83. The summed E-state index contributed by atoms with van der Waals surface area (Å²) in [5.41, 5.74) is 1.97. The van der Waals surface area contributed by atoms with E-state index >= 15 is 0 Å². The third kappa shape index (κ3) is 5.29. The van der Waals surface area contributed by atoms with E-state index in [0.29, 0.717) is 46.6 Å². The predicted molar refractivity (Wildman–Crippen MR) is 152 cm³/mol. The van der Waals surface area contributed by atoms with Gasteiger partial charge in [-0.25, -0.2) is 17.5 Å². The molecule has 1 aromatic heterocycles. The third-order valence-electron chi connectivity index (χ3n) is 8.61. The molecule has 1 amide bonds. The van der Waals surface area contributed by atoms with Crippen LogP contribution < -0.4 is 19.8 Å². The smallest absolute Gasteiger partial charge is 0.255 e. The van der Waals surface area contributed by atoms with Gasteiger partial charge in [0.05, 0.1) is 41.4 Å². The van der Waals surface area contributed by atoms with Gasteiger partial charge in [0.2, 0.25) is 10.0 Å². The molecule has 3 fully saturated rings. The van der Waals surface area contributed by atoms with Crippen LogP contribution in [0.1, 0.15) is 49.4 Å². The van der Waals surface area contributed by atoms with Crippen LogP contribution in [0.2, 0.25) is 0 Å². The van der Waals surface area contributed by atoms with Crippen molar-refractivity contribution in [3.05, 3.63) is 48.2 Å². The molecule has 0 radical (unpaired) electrons. The van der Waals surface area contributed by atoms with Crippen molar-refractivity contribution in [1.29, 1.82) is 0 Å². The number of benzene rings is 2. The van der Waals surface area contributed by atoms with Gasteiger partial charge in [-0.15, -0.1) is 0 Å². The van der Waals surface area contributed by atoms with Crippen LogP contribution in [0.5, 0.6) is 0 Å². The lowest BCUT2D eigenvalue weighted by atomic mass is 9.93. The highest BCUT2D eigenvalue weighted by atomic mass is 32.2. The zero-order chi connectivity index (χ0) is 28.1. The lowest BCUT2D eigenvalue weighted by molar-refractivity contribution is 0.102. The predicted octanol–water partition coefficient (Wildman–Crippen LogP) is 4.27. The van der Waals surface area contributed by atoms with Crippen LogP contribution in [0.25, 0.3) is 11.0 Å². The molecular weight excluding hydrogens is 535 g/mol. The number of furan rings is 1. The fraction of sp³-hybridized carbons (Fsp3) is 0.483. The highest BCUT2D eigenvalue weighted by molar-refractivity contribution is 7.89. The average molecular weight is 571 g/mol. The number of amides is 1. The Morgan fingerprint density at radius 2 is 1.77 bits per heavy atom. The lowest BCUT2D eigenvalue weighted by Gasteiger charge is -2.35. The number of hydrogen-bond acceptors (Lipinski definition) is 7. The molecule has 3 N–H and O–H groups in total. The maximum atomic E-state index is 14.7. The Hall–Kier alpha value is -3.15. The number of nitrogens with zero attached hydrogens (tertiary/aromatic N) is 2. The van der Waals surface area contributed by atoms with Gasteiger partial charge in [-0.1, -0.05) is 0 Å². The van der Waals surface area contributed by atoms with Gasteiger partial charge in [0, 0.05) is 43.5 Å². The van der Waals surface area contributed by atoms with Gasteiger partial charge < -0.3 is 24.6 Å². The number of carbonyl (C=O) groups is 1. The normalized spacial score (nSPS) is 22.3. The molecule has 40 heavy (non-hydrogen) atoms. The van der Waals surface area contributed by atoms with E-state index in [1.54, 1.807) is 43.5 Å². The second-order valence-electron chi connectivity index (χ2n) is 11.7. The van der Waals surface area contributed by atoms with Crippen molar-refractivity contribution in [3.63, 3.8) is 0 Å². The number of carbonyl (C=O) groups excluding carboxylic acids is 1. The summed E-state index contributed by atoms with van der Waals surface area (Å²) < 4.78 is 48.4. The topological polar surface area (TPSA) is 115 Å². The molecule has 1 atom stereocenters. The van der Waals surface area contributed by atoms with Gasteiger partial charge in [-0.05, 0) is 74.4 Å². The monoisotopic (exact) mass is 570 g/mol. The van der Waals surface area contributed by atoms with E-state index in [1.165, 1.54) is 18.9 Å². The first-order chi connectivity index (χ1) is 19.1. The minimum absolute atomic E-state index is 0.0751. The molecule has 2 aromatic carbocycles. The zero-order valence-corrected chi connectivity index (χ0v) is 23.4. The zero-order valence-electron chi connectivity index (χ0n) is 22.6. The summed E-state index contributed by atoms with van der Waals surface area (Å²) >= 11 is 0. The highest BCUT2D eigenvalue weighted by Gasteiger charge is 2.44. The number of halogens is 1. The van der Waals surface area contributed by atoms with Gasteiger partial charge in [-0.3, -0.25) is 4.79 Å². The summed E-state index contributed by atoms with van der Waals surface area (Å²) in [7, 11) is -3.83. The summed E-state index contributed by atoms with van der Waals surface area (Å²) in [5, 5.41) is 12.9. The molecule has 3 aliphatic rings. The molecule has 1 saturated carbocycles. The molecule has 1 aliphatic carbocycles. The molecule has 0 bridgehead atoms. The molecule has 3 aromatic rings. The van der Waals surface area contributed by atoms with E-state index < -0.39 is 15.7 Å². The fourth-order valence-electron chi connectivity index (χ4n) is 5.96. The lowest BCUT2D eigenvalue weighted by Crippen LogP contribution is -2.35. The quantitative estimate of drug-likeness (QED) is 0.371. The van der Waals surface area contributed by atoms with Crippen molar-refractivity contribution in [1.82, 2.24) is 4.72 Å². The van der Waals surface area contributed by atoms with Crippen molar-refractivity contribution in [2.45, 2.75) is 49.6 Å². The van der Waals surface area contributed by atoms with Crippen molar-refractivity contribution in [3.8, 4) is 0 Å². The molecule has 3 heterocycles. The van der Waals surface area contributed by atoms with Crippen LogP contribution in [0.15, 0.2) is 52.0 Å². The number of alkyl halides is 1. The molecular formula is C29H35FN4O5S. The average Bonchev–Trinajstić information content (AvgIpc) is 3.33. The Morgan fingerprint density at radius 3 is 2.45 bits per heavy atom. The van der Waals surface area contributed by atoms with Gasteiger partial charge in [0.1, 0.15) is 5.67 Å². The molecule has 1 unspecified atom stereocenters. The highest BCUT2D eigenvalue weighted by Crippen LogP contribution is 2.54. The molecule has 11 heteroatoms. The van der Waals surface area contributed by atoms with Crippen LogP contribution in [-0.4, -0.2) is 64.4 Å². The van der Waals surface area contributed by atoms with E-state index in [4.69, 9.17) is 9.52 Å². The summed E-state index contributed by atoms with van der Waals surface area (Å²) in [4.78, 5) is 17.8. The number of aliphatic hydroxyl groups excluding tert-OH is 1. The standard InChI is InChI=1S/C29H35FN4O5S/c1-28(30)7-11-34(19-28)25-17-21(16-20-4-15-39-26(20)25)27(36)32-23-3-2-22(40(37,38)31-10-14-35)18-24(23)33-12-8-29(5-6-29)9-13-33/h2-4,15-18,31,35H,5-14,19H2,1H3,(H,32,36). The Morgan fingerprint density at radius 1 is 1.02 bits per heavy atom. The molecule has 2 aliphatic heterocycles. The van der Waals surface area contributed by atoms with Gasteiger partial charge >= 0.3 is 0 Å². The number of hydrogen-bond donors (Lipinski definition) is 3. The maximum Gasteiger partial charge on any atom is 0.255 e. The number of rotatable bonds is 8.